The van der Waals surface area contributed by atoms with E-state index in [0.717, 1.165) is 11.7 Å². The Kier molecular flexibility index (Phi) is 4.88. The molecule has 5 heteroatoms. The normalized spacial score (nSPS) is 9.22. The van der Waals surface area contributed by atoms with E-state index in [4.69, 9.17) is 16.0 Å². The summed E-state index contributed by atoms with van der Waals surface area (Å²) in [6.45, 7) is 3.88. The van der Waals surface area contributed by atoms with Gasteiger partial charge in [-0.1, -0.05) is 5.92 Å². The predicted molar refractivity (Wildman–Crippen MR) is 71.5 cm³/mol. The topological polar surface area (TPSA) is 57.0 Å². The Hall–Kier alpha value is -2.35. The van der Waals surface area contributed by atoms with Gasteiger partial charge >= 0.3 is 0 Å². The number of aldehydes is 1. The summed E-state index contributed by atoms with van der Waals surface area (Å²) in [6, 6.07) is 1.86. The fourth-order valence-corrected chi connectivity index (χ4v) is 1.41. The predicted octanol–water partition coefficient (Wildman–Crippen LogP) is 1.80. The molecule has 0 amide bonds. The standard InChI is InChI=1S/C11H11N3O.C2H4O.H2/c1-4-8-6-9-7-14(3)13-10(9)12-11(8)15-5-2;1-2-3;/h1,6-7H,5H2,2-3H3;2H,1H3;1H. The highest BCUT2D eigenvalue weighted by Gasteiger charge is 2.08. The van der Waals surface area contributed by atoms with Crippen molar-refractivity contribution in [3.05, 3.63) is 17.8 Å². The largest absolute Gasteiger partial charge is 0.477 e. The van der Waals surface area contributed by atoms with Gasteiger partial charge in [0, 0.05) is 20.1 Å². The maximum absolute atomic E-state index is 8.81. The smallest absolute Gasteiger partial charge is 0.231 e. The summed E-state index contributed by atoms with van der Waals surface area (Å²) in [5, 5.41) is 5.11. The van der Waals surface area contributed by atoms with Crippen LogP contribution < -0.4 is 4.74 Å². The highest BCUT2D eigenvalue weighted by Crippen LogP contribution is 2.20. The molecule has 18 heavy (non-hydrogen) atoms. The third-order valence-corrected chi connectivity index (χ3v) is 2.01. The van der Waals surface area contributed by atoms with Gasteiger partial charge in [-0.2, -0.15) is 10.1 Å². The first kappa shape index (κ1) is 13.7. The van der Waals surface area contributed by atoms with E-state index in [2.05, 4.69) is 16.0 Å². The van der Waals surface area contributed by atoms with E-state index in [9.17, 15) is 0 Å². The lowest BCUT2D eigenvalue weighted by atomic mass is 10.2. The number of terminal acetylenes is 1. The summed E-state index contributed by atoms with van der Waals surface area (Å²) in [5.74, 6) is 3.04. The molecule has 0 bridgehead atoms. The minimum absolute atomic E-state index is 0. The summed E-state index contributed by atoms with van der Waals surface area (Å²) in [7, 11) is 1.84. The van der Waals surface area contributed by atoms with Gasteiger partial charge in [0.25, 0.3) is 0 Å². The second kappa shape index (κ2) is 6.40. The molecule has 2 aromatic heterocycles. The van der Waals surface area contributed by atoms with Crippen molar-refractivity contribution < 1.29 is 11.0 Å². The molecule has 0 radical (unpaired) electrons. The van der Waals surface area contributed by atoms with Crippen LogP contribution in [0.5, 0.6) is 5.88 Å². The summed E-state index contributed by atoms with van der Waals surface area (Å²) < 4.78 is 7.04. The van der Waals surface area contributed by atoms with Crippen LogP contribution in [0.25, 0.3) is 11.0 Å². The van der Waals surface area contributed by atoms with Crippen LogP contribution in [0.2, 0.25) is 0 Å². The molecule has 2 rings (SSSR count). The second-order valence-electron chi connectivity index (χ2n) is 3.37. The number of aromatic nitrogens is 3. The molecular weight excluding hydrogens is 230 g/mol. The van der Waals surface area contributed by atoms with Gasteiger partial charge in [-0.25, -0.2) is 0 Å². The monoisotopic (exact) mass is 247 g/mol. The van der Waals surface area contributed by atoms with Crippen molar-refractivity contribution in [2.24, 2.45) is 7.05 Å². The van der Waals surface area contributed by atoms with Crippen LogP contribution in [0.15, 0.2) is 12.3 Å². The summed E-state index contributed by atoms with van der Waals surface area (Å²) >= 11 is 0. The molecule has 2 heterocycles. The van der Waals surface area contributed by atoms with Crippen molar-refractivity contribution in [3.63, 3.8) is 0 Å². The number of carbonyl (C=O) groups is 1. The zero-order chi connectivity index (χ0) is 13.5. The highest BCUT2D eigenvalue weighted by molar-refractivity contribution is 5.77. The lowest BCUT2D eigenvalue weighted by Gasteiger charge is -2.03. The molecule has 0 aliphatic rings. The SMILES string of the molecule is C#Cc1cc2cn(C)nc2nc1OCC.CC=O.[HH]. The molecule has 0 fully saturated rings. The van der Waals surface area contributed by atoms with E-state index < -0.39 is 0 Å². The maximum atomic E-state index is 8.81. The number of aryl methyl sites for hydroxylation is 1. The molecule has 0 saturated carbocycles. The average Bonchev–Trinajstić information content (AvgIpc) is 2.68. The number of fused-ring (bicyclic) bond motifs is 1. The van der Waals surface area contributed by atoms with Crippen molar-refractivity contribution in [1.29, 1.82) is 0 Å². The lowest BCUT2D eigenvalue weighted by Crippen LogP contribution is -1.97. The van der Waals surface area contributed by atoms with E-state index in [-0.39, 0.29) is 1.43 Å². The van der Waals surface area contributed by atoms with Crippen molar-refractivity contribution in [2.45, 2.75) is 13.8 Å². The van der Waals surface area contributed by atoms with E-state index in [0.29, 0.717) is 23.7 Å². The molecule has 0 saturated heterocycles. The van der Waals surface area contributed by atoms with Gasteiger partial charge in [0.2, 0.25) is 5.88 Å². The van der Waals surface area contributed by atoms with E-state index in [1.807, 2.05) is 26.2 Å². The zero-order valence-electron chi connectivity index (χ0n) is 10.7. The Bertz CT molecular complexity index is 587. The first-order valence-corrected chi connectivity index (χ1v) is 5.49. The Morgan fingerprint density at radius 3 is 2.89 bits per heavy atom. The molecule has 0 aromatic carbocycles. The van der Waals surface area contributed by atoms with E-state index >= 15 is 0 Å². The second-order valence-corrected chi connectivity index (χ2v) is 3.37. The van der Waals surface area contributed by atoms with Crippen LogP contribution in [0.1, 0.15) is 20.8 Å². The van der Waals surface area contributed by atoms with E-state index in [1.54, 1.807) is 4.68 Å². The Morgan fingerprint density at radius 1 is 1.67 bits per heavy atom. The molecular formula is C13H17N3O2. The number of hydrogen-bond acceptors (Lipinski definition) is 4. The minimum Gasteiger partial charge on any atom is -0.477 e. The maximum Gasteiger partial charge on any atom is 0.231 e. The van der Waals surface area contributed by atoms with Crippen LogP contribution in [0.4, 0.5) is 0 Å². The molecule has 0 spiro atoms. The third kappa shape index (κ3) is 3.08. The van der Waals surface area contributed by atoms with Crippen LogP contribution in [-0.2, 0) is 11.8 Å². The van der Waals surface area contributed by atoms with Gasteiger partial charge in [-0.3, -0.25) is 4.68 Å². The molecule has 0 N–H and O–H groups in total. The van der Waals surface area contributed by atoms with E-state index in [1.165, 1.54) is 6.92 Å². The lowest BCUT2D eigenvalue weighted by molar-refractivity contribution is -0.106. The van der Waals surface area contributed by atoms with Gasteiger partial charge in [-0.05, 0) is 19.9 Å². The highest BCUT2D eigenvalue weighted by atomic mass is 16.5. The molecule has 0 atom stereocenters. The van der Waals surface area contributed by atoms with Gasteiger partial charge < -0.3 is 9.53 Å². The van der Waals surface area contributed by atoms with Crippen LogP contribution >= 0.6 is 0 Å². The van der Waals surface area contributed by atoms with Crippen molar-refractivity contribution in [2.75, 3.05) is 6.61 Å². The molecule has 2 aromatic rings. The van der Waals surface area contributed by atoms with Gasteiger partial charge in [0.15, 0.2) is 5.65 Å². The van der Waals surface area contributed by atoms with Crippen LogP contribution in [0.3, 0.4) is 0 Å². The fraction of sp³-hybridized carbons (Fsp3) is 0.308. The van der Waals surface area contributed by atoms with Gasteiger partial charge in [0.1, 0.15) is 6.29 Å². The molecule has 5 nitrogen and oxygen atoms in total. The number of ether oxygens (including phenoxy) is 1. The van der Waals surface area contributed by atoms with Gasteiger partial charge in [0.05, 0.1) is 12.2 Å². The molecule has 0 aliphatic carbocycles. The average molecular weight is 247 g/mol. The number of nitrogens with zero attached hydrogens (tertiary/aromatic N) is 3. The molecule has 96 valence electrons. The quantitative estimate of drug-likeness (QED) is 0.600. The van der Waals surface area contributed by atoms with Crippen molar-refractivity contribution >= 4 is 17.3 Å². The first-order chi connectivity index (χ1) is 8.65. The number of hydrogen-bond donors (Lipinski definition) is 0. The van der Waals surface area contributed by atoms with Crippen molar-refractivity contribution in [1.82, 2.24) is 14.8 Å². The third-order valence-electron chi connectivity index (χ3n) is 2.01. The number of carbonyl (C=O) groups excluding carboxylic acids is 1. The Balaban J connectivity index is 0.000000742. The molecule has 0 unspecified atom stereocenters. The van der Waals surface area contributed by atoms with Crippen molar-refractivity contribution in [3.8, 4) is 18.2 Å². The Morgan fingerprint density at radius 2 is 2.33 bits per heavy atom. The summed E-state index contributed by atoms with van der Waals surface area (Å²) in [5.41, 5.74) is 1.32. The minimum atomic E-state index is 0. The zero-order valence-corrected chi connectivity index (χ0v) is 10.7. The van der Waals surface area contributed by atoms with Crippen LogP contribution in [-0.4, -0.2) is 27.7 Å². The first-order valence-electron chi connectivity index (χ1n) is 5.49. The fourth-order valence-electron chi connectivity index (χ4n) is 1.41. The molecule has 0 aliphatic heterocycles. The number of pyridine rings is 1. The summed E-state index contributed by atoms with van der Waals surface area (Å²) in [4.78, 5) is 13.1. The summed E-state index contributed by atoms with van der Waals surface area (Å²) in [6.07, 6.45) is 8.01. The number of rotatable bonds is 2. The Labute approximate surface area is 107 Å². The van der Waals surface area contributed by atoms with Gasteiger partial charge in [-0.15, -0.1) is 6.42 Å². The van der Waals surface area contributed by atoms with Crippen LogP contribution in [0, 0.1) is 12.3 Å².